The summed E-state index contributed by atoms with van der Waals surface area (Å²) < 4.78 is 0. The van der Waals surface area contributed by atoms with Crippen molar-refractivity contribution in [1.29, 1.82) is 0 Å². The first-order chi connectivity index (χ1) is 8.58. The molecule has 1 heterocycles. The van der Waals surface area contributed by atoms with E-state index in [1.165, 1.54) is 0 Å². The van der Waals surface area contributed by atoms with Crippen LogP contribution in [0.15, 0.2) is 12.3 Å². The van der Waals surface area contributed by atoms with Crippen LogP contribution in [0.2, 0.25) is 0 Å². The summed E-state index contributed by atoms with van der Waals surface area (Å²) in [6.07, 6.45) is 2.60. The van der Waals surface area contributed by atoms with Gasteiger partial charge < -0.3 is 15.5 Å². The number of anilines is 1. The lowest BCUT2D eigenvalue weighted by Gasteiger charge is -2.23. The van der Waals surface area contributed by atoms with Gasteiger partial charge in [0.1, 0.15) is 0 Å². The molecule has 0 aliphatic carbocycles. The smallest absolute Gasteiger partial charge is 0.241 e. The van der Waals surface area contributed by atoms with Gasteiger partial charge in [0.05, 0.1) is 12.2 Å². The van der Waals surface area contributed by atoms with Crippen LogP contribution in [-0.4, -0.2) is 48.0 Å². The fourth-order valence-corrected chi connectivity index (χ4v) is 1.47. The zero-order chi connectivity index (χ0) is 13.5. The molecule has 18 heavy (non-hydrogen) atoms. The van der Waals surface area contributed by atoms with Gasteiger partial charge in [0, 0.05) is 33.4 Å². The first-order valence-electron chi connectivity index (χ1n) is 6.05. The second kappa shape index (κ2) is 6.90. The summed E-state index contributed by atoms with van der Waals surface area (Å²) >= 11 is 0. The van der Waals surface area contributed by atoms with Gasteiger partial charge in [-0.15, -0.1) is 0 Å². The average Bonchev–Trinajstić information content (AvgIpc) is 2.38. The Morgan fingerprint density at radius 3 is 2.72 bits per heavy atom. The normalized spacial score (nSPS) is 10.2. The number of carbonyl (C=O) groups excluding carboxylic acids is 1. The Morgan fingerprint density at radius 1 is 1.44 bits per heavy atom. The number of likely N-dealkylation sites (N-methyl/N-ethyl adjacent to an activating group) is 1. The van der Waals surface area contributed by atoms with E-state index in [4.69, 9.17) is 5.73 Å². The number of nitrogens with two attached hydrogens (primary N) is 1. The first-order valence-corrected chi connectivity index (χ1v) is 6.05. The molecule has 0 aromatic carbocycles. The van der Waals surface area contributed by atoms with Crippen molar-refractivity contribution in [2.45, 2.75) is 19.9 Å². The van der Waals surface area contributed by atoms with E-state index in [0.717, 1.165) is 18.7 Å². The maximum Gasteiger partial charge on any atom is 0.241 e. The Hall–Kier alpha value is -1.69. The van der Waals surface area contributed by atoms with Crippen molar-refractivity contribution in [3.8, 4) is 0 Å². The molecule has 1 aromatic rings. The Labute approximate surface area is 108 Å². The number of rotatable bonds is 6. The fourth-order valence-electron chi connectivity index (χ4n) is 1.47. The molecule has 6 nitrogen and oxygen atoms in total. The summed E-state index contributed by atoms with van der Waals surface area (Å²) in [6.45, 7) is 3.46. The van der Waals surface area contributed by atoms with Gasteiger partial charge in [-0.3, -0.25) is 4.79 Å². The van der Waals surface area contributed by atoms with E-state index in [2.05, 4.69) is 16.9 Å². The standard InChI is InChI=1S/C12H21N5O/c1-4-7-17(9-11(18)16(2)3)12-14-6-5-10(8-13)15-12/h5-6H,4,7-9,13H2,1-3H3. The number of hydrogen-bond acceptors (Lipinski definition) is 5. The highest BCUT2D eigenvalue weighted by atomic mass is 16.2. The molecule has 0 unspecified atom stereocenters. The largest absolute Gasteiger partial charge is 0.347 e. The highest BCUT2D eigenvalue weighted by Crippen LogP contribution is 2.08. The highest BCUT2D eigenvalue weighted by molar-refractivity contribution is 5.80. The van der Waals surface area contributed by atoms with Crippen molar-refractivity contribution in [2.24, 2.45) is 5.73 Å². The Balaban J connectivity index is 2.85. The molecule has 0 atom stereocenters. The van der Waals surface area contributed by atoms with Crippen LogP contribution in [0.25, 0.3) is 0 Å². The van der Waals surface area contributed by atoms with Gasteiger partial charge in [-0.05, 0) is 12.5 Å². The lowest BCUT2D eigenvalue weighted by molar-refractivity contribution is -0.127. The summed E-state index contributed by atoms with van der Waals surface area (Å²) in [5, 5.41) is 0. The number of aromatic nitrogens is 2. The average molecular weight is 251 g/mol. The molecule has 0 saturated carbocycles. The van der Waals surface area contributed by atoms with Crippen LogP contribution in [-0.2, 0) is 11.3 Å². The van der Waals surface area contributed by atoms with Crippen LogP contribution in [0.4, 0.5) is 5.95 Å². The van der Waals surface area contributed by atoms with Crippen molar-refractivity contribution in [3.05, 3.63) is 18.0 Å². The second-order valence-corrected chi connectivity index (χ2v) is 4.26. The molecule has 0 aliphatic heterocycles. The van der Waals surface area contributed by atoms with E-state index >= 15 is 0 Å². The number of nitrogens with zero attached hydrogens (tertiary/aromatic N) is 4. The molecule has 1 aromatic heterocycles. The fraction of sp³-hybridized carbons (Fsp3) is 0.583. The minimum atomic E-state index is 0.0326. The Morgan fingerprint density at radius 2 is 2.17 bits per heavy atom. The van der Waals surface area contributed by atoms with Crippen LogP contribution in [0.5, 0.6) is 0 Å². The van der Waals surface area contributed by atoms with E-state index in [0.29, 0.717) is 12.5 Å². The quantitative estimate of drug-likeness (QED) is 0.784. The maximum atomic E-state index is 11.8. The van der Waals surface area contributed by atoms with E-state index < -0.39 is 0 Å². The van der Waals surface area contributed by atoms with Crippen LogP contribution in [0.1, 0.15) is 19.0 Å². The molecule has 2 N–H and O–H groups in total. The minimum absolute atomic E-state index is 0.0326. The van der Waals surface area contributed by atoms with Crippen molar-refractivity contribution in [2.75, 3.05) is 32.1 Å². The number of carbonyl (C=O) groups is 1. The lowest BCUT2D eigenvalue weighted by Crippen LogP contribution is -2.38. The topological polar surface area (TPSA) is 75.4 Å². The molecule has 0 aliphatic rings. The van der Waals surface area contributed by atoms with E-state index in [1.54, 1.807) is 31.3 Å². The van der Waals surface area contributed by atoms with Crippen LogP contribution in [0, 0.1) is 0 Å². The van der Waals surface area contributed by atoms with Gasteiger partial charge in [0.25, 0.3) is 0 Å². The minimum Gasteiger partial charge on any atom is -0.347 e. The molecule has 0 radical (unpaired) electrons. The Kier molecular flexibility index (Phi) is 5.51. The van der Waals surface area contributed by atoms with Gasteiger partial charge in [-0.25, -0.2) is 9.97 Å². The third kappa shape index (κ3) is 3.96. The molecule has 0 saturated heterocycles. The summed E-state index contributed by atoms with van der Waals surface area (Å²) in [7, 11) is 3.48. The summed E-state index contributed by atoms with van der Waals surface area (Å²) in [6, 6.07) is 1.78. The molecular formula is C12H21N5O. The lowest BCUT2D eigenvalue weighted by atomic mass is 10.3. The van der Waals surface area contributed by atoms with Crippen LogP contribution in [0.3, 0.4) is 0 Å². The SMILES string of the molecule is CCCN(CC(=O)N(C)C)c1nccc(CN)n1. The van der Waals surface area contributed by atoms with Gasteiger partial charge >= 0.3 is 0 Å². The first kappa shape index (κ1) is 14.4. The Bertz CT molecular complexity index is 394. The maximum absolute atomic E-state index is 11.8. The molecule has 0 fully saturated rings. The van der Waals surface area contributed by atoms with E-state index in [-0.39, 0.29) is 12.5 Å². The molecule has 0 bridgehead atoms. The molecular weight excluding hydrogens is 230 g/mol. The van der Waals surface area contributed by atoms with Crippen molar-refractivity contribution < 1.29 is 4.79 Å². The van der Waals surface area contributed by atoms with E-state index in [1.807, 2.05) is 4.90 Å². The van der Waals surface area contributed by atoms with Gasteiger partial charge in [-0.2, -0.15) is 0 Å². The molecule has 1 rings (SSSR count). The second-order valence-electron chi connectivity index (χ2n) is 4.26. The van der Waals surface area contributed by atoms with Crippen molar-refractivity contribution in [3.63, 3.8) is 0 Å². The monoisotopic (exact) mass is 251 g/mol. The summed E-state index contributed by atoms with van der Waals surface area (Å²) in [5.41, 5.74) is 6.33. The van der Waals surface area contributed by atoms with Crippen molar-refractivity contribution in [1.82, 2.24) is 14.9 Å². The molecule has 100 valence electrons. The predicted molar refractivity (Wildman–Crippen MR) is 71.1 cm³/mol. The summed E-state index contributed by atoms with van der Waals surface area (Å²) in [4.78, 5) is 23.8. The third-order valence-corrected chi connectivity index (χ3v) is 2.51. The zero-order valence-electron chi connectivity index (χ0n) is 11.3. The van der Waals surface area contributed by atoms with Crippen LogP contribution >= 0.6 is 0 Å². The summed E-state index contributed by atoms with van der Waals surface area (Å²) in [5.74, 6) is 0.597. The van der Waals surface area contributed by atoms with Gasteiger partial charge in [0.15, 0.2) is 0 Å². The van der Waals surface area contributed by atoms with Gasteiger partial charge in [0.2, 0.25) is 11.9 Å². The molecule has 1 amide bonds. The van der Waals surface area contributed by atoms with Crippen molar-refractivity contribution >= 4 is 11.9 Å². The van der Waals surface area contributed by atoms with Crippen LogP contribution < -0.4 is 10.6 Å². The van der Waals surface area contributed by atoms with E-state index in [9.17, 15) is 4.79 Å². The number of hydrogen-bond donors (Lipinski definition) is 1. The third-order valence-electron chi connectivity index (χ3n) is 2.51. The predicted octanol–water partition coefficient (Wildman–Crippen LogP) is 0.240. The highest BCUT2D eigenvalue weighted by Gasteiger charge is 2.14. The molecule has 0 spiro atoms. The molecule has 6 heteroatoms. The zero-order valence-corrected chi connectivity index (χ0v) is 11.3. The van der Waals surface area contributed by atoms with Gasteiger partial charge in [-0.1, -0.05) is 6.92 Å². The number of amides is 1.